The highest BCUT2D eigenvalue weighted by molar-refractivity contribution is 6.30. The van der Waals surface area contributed by atoms with Crippen LogP contribution in [0.5, 0.6) is 5.75 Å². The van der Waals surface area contributed by atoms with Gasteiger partial charge in [-0.25, -0.2) is 0 Å². The van der Waals surface area contributed by atoms with Crippen molar-refractivity contribution in [3.63, 3.8) is 0 Å². The van der Waals surface area contributed by atoms with Crippen molar-refractivity contribution in [2.75, 3.05) is 18.6 Å². The fourth-order valence-corrected chi connectivity index (χ4v) is 2.11. The van der Waals surface area contributed by atoms with Gasteiger partial charge in [0.05, 0.1) is 7.11 Å². The predicted molar refractivity (Wildman–Crippen MR) is 81.2 cm³/mol. The Morgan fingerprint density at radius 2 is 1.63 bits per heavy atom. The van der Waals surface area contributed by atoms with Crippen LogP contribution in [0.2, 0.25) is 5.02 Å². The van der Waals surface area contributed by atoms with Gasteiger partial charge < -0.3 is 9.64 Å². The van der Waals surface area contributed by atoms with Gasteiger partial charge in [-0.05, 0) is 48.9 Å². The van der Waals surface area contributed by atoms with E-state index >= 15 is 0 Å². The smallest absolute Gasteiger partial charge is 0.119 e. The van der Waals surface area contributed by atoms with Gasteiger partial charge in [-0.15, -0.1) is 0 Å². The summed E-state index contributed by atoms with van der Waals surface area (Å²) in [5.41, 5.74) is 2.44. The van der Waals surface area contributed by atoms with Gasteiger partial charge in [0.1, 0.15) is 5.75 Å². The van der Waals surface area contributed by atoms with Crippen LogP contribution >= 0.6 is 11.6 Å². The number of rotatable bonds is 5. The highest BCUT2D eigenvalue weighted by Gasteiger charge is 2.05. The van der Waals surface area contributed by atoms with Gasteiger partial charge in [0, 0.05) is 23.8 Å². The first kappa shape index (κ1) is 13.8. The molecule has 0 radical (unpaired) electrons. The molecule has 0 fully saturated rings. The number of methoxy groups -OCH3 is 1. The zero-order valence-electron chi connectivity index (χ0n) is 11.3. The maximum absolute atomic E-state index is 5.90. The molecule has 3 heteroatoms. The summed E-state index contributed by atoms with van der Waals surface area (Å²) in [5, 5.41) is 0.774. The second-order valence-electron chi connectivity index (χ2n) is 4.34. The summed E-state index contributed by atoms with van der Waals surface area (Å²) in [7, 11) is 1.68. The largest absolute Gasteiger partial charge is 0.497 e. The molecule has 0 aromatic heterocycles. The molecule has 0 spiro atoms. The number of nitrogens with zero attached hydrogens (tertiary/aromatic N) is 1. The number of hydrogen-bond donors (Lipinski definition) is 0. The Balaban J connectivity index is 2.12. The SMILES string of the molecule is CCN(Cc1ccc(Cl)cc1)c1ccc(OC)cc1. The van der Waals surface area contributed by atoms with Gasteiger partial charge in [-0.3, -0.25) is 0 Å². The van der Waals surface area contributed by atoms with Crippen molar-refractivity contribution in [1.29, 1.82) is 0 Å². The van der Waals surface area contributed by atoms with Gasteiger partial charge in [0.15, 0.2) is 0 Å². The van der Waals surface area contributed by atoms with E-state index in [0.717, 1.165) is 23.9 Å². The van der Waals surface area contributed by atoms with Crippen LogP contribution in [0.1, 0.15) is 12.5 Å². The van der Waals surface area contributed by atoms with Crippen molar-refractivity contribution in [2.24, 2.45) is 0 Å². The van der Waals surface area contributed by atoms with Gasteiger partial charge in [0.2, 0.25) is 0 Å². The van der Waals surface area contributed by atoms with Crippen LogP contribution in [-0.2, 0) is 6.54 Å². The summed E-state index contributed by atoms with van der Waals surface area (Å²) in [6, 6.07) is 16.1. The number of benzene rings is 2. The second kappa shape index (κ2) is 6.48. The lowest BCUT2D eigenvalue weighted by molar-refractivity contribution is 0.415. The molecule has 0 atom stereocenters. The van der Waals surface area contributed by atoms with E-state index in [0.29, 0.717) is 0 Å². The Morgan fingerprint density at radius 3 is 2.16 bits per heavy atom. The van der Waals surface area contributed by atoms with Gasteiger partial charge >= 0.3 is 0 Å². The third-order valence-electron chi connectivity index (χ3n) is 3.11. The van der Waals surface area contributed by atoms with Crippen LogP contribution in [0.3, 0.4) is 0 Å². The molecule has 0 saturated heterocycles. The topological polar surface area (TPSA) is 12.5 Å². The van der Waals surface area contributed by atoms with E-state index in [9.17, 15) is 0 Å². The summed E-state index contributed by atoms with van der Waals surface area (Å²) in [6.45, 7) is 3.98. The summed E-state index contributed by atoms with van der Waals surface area (Å²) in [5.74, 6) is 0.881. The molecule has 0 bridgehead atoms. The lowest BCUT2D eigenvalue weighted by Crippen LogP contribution is -2.21. The number of anilines is 1. The van der Waals surface area contributed by atoms with Crippen molar-refractivity contribution < 1.29 is 4.74 Å². The van der Waals surface area contributed by atoms with E-state index in [4.69, 9.17) is 16.3 Å². The van der Waals surface area contributed by atoms with Crippen molar-refractivity contribution in [1.82, 2.24) is 0 Å². The molecule has 2 nitrogen and oxygen atoms in total. The highest BCUT2D eigenvalue weighted by atomic mass is 35.5. The van der Waals surface area contributed by atoms with Crippen LogP contribution < -0.4 is 9.64 Å². The van der Waals surface area contributed by atoms with Gasteiger partial charge in [-0.1, -0.05) is 23.7 Å². The molecule has 2 aromatic carbocycles. The molecule has 0 amide bonds. The molecule has 0 unspecified atom stereocenters. The third-order valence-corrected chi connectivity index (χ3v) is 3.36. The Morgan fingerprint density at radius 1 is 1.00 bits per heavy atom. The summed E-state index contributed by atoms with van der Waals surface area (Å²) < 4.78 is 5.18. The maximum atomic E-state index is 5.90. The molecular formula is C16H18ClNO. The van der Waals surface area contributed by atoms with Crippen molar-refractivity contribution in [2.45, 2.75) is 13.5 Å². The predicted octanol–water partition coefficient (Wildman–Crippen LogP) is 4.38. The minimum absolute atomic E-state index is 0.774. The third kappa shape index (κ3) is 3.65. The first-order valence-corrected chi connectivity index (χ1v) is 6.74. The Labute approximate surface area is 119 Å². The summed E-state index contributed by atoms with van der Waals surface area (Å²) in [6.07, 6.45) is 0. The van der Waals surface area contributed by atoms with Crippen LogP contribution in [0.25, 0.3) is 0 Å². The van der Waals surface area contributed by atoms with E-state index in [1.807, 2.05) is 24.3 Å². The van der Waals surface area contributed by atoms with E-state index in [1.165, 1.54) is 11.3 Å². The number of ether oxygens (including phenoxy) is 1. The molecule has 0 aliphatic rings. The zero-order valence-corrected chi connectivity index (χ0v) is 12.0. The van der Waals surface area contributed by atoms with Gasteiger partial charge in [-0.2, -0.15) is 0 Å². The normalized spacial score (nSPS) is 10.3. The van der Waals surface area contributed by atoms with Crippen LogP contribution in [0.15, 0.2) is 48.5 Å². The Kier molecular flexibility index (Phi) is 4.69. The quantitative estimate of drug-likeness (QED) is 0.803. The standard InChI is InChI=1S/C16H18ClNO/c1-3-18(12-13-4-6-14(17)7-5-13)15-8-10-16(19-2)11-9-15/h4-11H,3,12H2,1-2H3. The lowest BCUT2D eigenvalue weighted by Gasteiger charge is -2.23. The molecule has 0 aliphatic carbocycles. The molecule has 0 heterocycles. The van der Waals surface area contributed by atoms with Crippen LogP contribution in [-0.4, -0.2) is 13.7 Å². The molecule has 0 saturated carbocycles. The van der Waals surface area contributed by atoms with E-state index in [2.05, 4.69) is 36.1 Å². The summed E-state index contributed by atoms with van der Waals surface area (Å²) >= 11 is 5.90. The van der Waals surface area contributed by atoms with E-state index < -0.39 is 0 Å². The Hall–Kier alpha value is -1.67. The molecule has 19 heavy (non-hydrogen) atoms. The van der Waals surface area contributed by atoms with Crippen LogP contribution in [0, 0.1) is 0 Å². The molecular weight excluding hydrogens is 258 g/mol. The molecule has 100 valence electrons. The molecule has 0 aliphatic heterocycles. The fraction of sp³-hybridized carbons (Fsp3) is 0.250. The summed E-state index contributed by atoms with van der Waals surface area (Å²) in [4.78, 5) is 2.31. The first-order chi connectivity index (χ1) is 9.22. The lowest BCUT2D eigenvalue weighted by atomic mass is 10.2. The van der Waals surface area contributed by atoms with E-state index in [1.54, 1.807) is 7.11 Å². The Bertz CT molecular complexity index is 507. The maximum Gasteiger partial charge on any atom is 0.119 e. The minimum Gasteiger partial charge on any atom is -0.497 e. The van der Waals surface area contributed by atoms with Crippen LogP contribution in [0.4, 0.5) is 5.69 Å². The van der Waals surface area contributed by atoms with Crippen molar-refractivity contribution >= 4 is 17.3 Å². The average molecular weight is 276 g/mol. The minimum atomic E-state index is 0.774. The average Bonchev–Trinajstić information content (AvgIpc) is 2.47. The van der Waals surface area contributed by atoms with Gasteiger partial charge in [0.25, 0.3) is 0 Å². The number of halogens is 1. The van der Waals surface area contributed by atoms with Crippen molar-refractivity contribution in [3.8, 4) is 5.75 Å². The molecule has 0 N–H and O–H groups in total. The molecule has 2 aromatic rings. The fourth-order valence-electron chi connectivity index (χ4n) is 1.99. The van der Waals surface area contributed by atoms with E-state index in [-0.39, 0.29) is 0 Å². The first-order valence-electron chi connectivity index (χ1n) is 6.36. The monoisotopic (exact) mass is 275 g/mol. The number of hydrogen-bond acceptors (Lipinski definition) is 2. The zero-order chi connectivity index (χ0) is 13.7. The highest BCUT2D eigenvalue weighted by Crippen LogP contribution is 2.21. The molecule has 2 rings (SSSR count). The van der Waals surface area contributed by atoms with Crippen molar-refractivity contribution in [3.05, 3.63) is 59.1 Å². The second-order valence-corrected chi connectivity index (χ2v) is 4.78.